The monoisotopic (exact) mass is 327 g/mol. The first-order valence-electron chi connectivity index (χ1n) is 8.70. The molecule has 0 aliphatic carbocycles. The van der Waals surface area contributed by atoms with Crippen molar-refractivity contribution in [2.75, 3.05) is 18.4 Å². The van der Waals surface area contributed by atoms with Crippen LogP contribution in [0.25, 0.3) is 0 Å². The number of hydrogen-bond donors (Lipinski definition) is 1. The summed E-state index contributed by atoms with van der Waals surface area (Å²) in [6.45, 7) is 5.94. The minimum Gasteiger partial charge on any atom is -0.360 e. The molecule has 1 unspecified atom stereocenters. The number of carbonyl (C=O) groups is 1. The molecule has 24 heavy (non-hydrogen) atoms. The van der Waals surface area contributed by atoms with Crippen molar-refractivity contribution in [3.05, 3.63) is 47.7 Å². The summed E-state index contributed by atoms with van der Waals surface area (Å²) in [6, 6.07) is 12.8. The van der Waals surface area contributed by atoms with Crippen molar-refractivity contribution in [1.29, 1.82) is 0 Å². The topological polar surface area (TPSA) is 58.4 Å². The molecule has 128 valence electrons. The predicted molar refractivity (Wildman–Crippen MR) is 93.6 cm³/mol. The molecular formula is C19H25N3O2. The van der Waals surface area contributed by atoms with E-state index in [0.717, 1.165) is 32.4 Å². The van der Waals surface area contributed by atoms with E-state index in [2.05, 4.69) is 52.6 Å². The lowest BCUT2D eigenvalue weighted by atomic mass is 9.92. The van der Waals surface area contributed by atoms with Gasteiger partial charge in [0.05, 0.1) is 0 Å². The predicted octanol–water partition coefficient (Wildman–Crippen LogP) is 3.78. The number of benzene rings is 1. The molecule has 3 rings (SSSR count). The third-order valence-corrected chi connectivity index (χ3v) is 4.79. The Morgan fingerprint density at radius 2 is 2.04 bits per heavy atom. The zero-order valence-electron chi connectivity index (χ0n) is 14.4. The Labute approximate surface area is 143 Å². The van der Waals surface area contributed by atoms with E-state index < -0.39 is 0 Å². The lowest BCUT2D eigenvalue weighted by molar-refractivity contribution is -0.121. The largest absolute Gasteiger partial charge is 0.360 e. The lowest BCUT2D eigenvalue weighted by Gasteiger charge is -2.37. The van der Waals surface area contributed by atoms with Crippen LogP contribution in [-0.2, 0) is 4.79 Å². The molecule has 0 bridgehead atoms. The van der Waals surface area contributed by atoms with E-state index in [0.29, 0.717) is 17.6 Å². The zero-order valence-corrected chi connectivity index (χ0v) is 14.4. The highest BCUT2D eigenvalue weighted by Crippen LogP contribution is 2.29. The van der Waals surface area contributed by atoms with Crippen LogP contribution >= 0.6 is 0 Å². The van der Waals surface area contributed by atoms with Crippen LogP contribution in [-0.4, -0.2) is 29.1 Å². The molecule has 1 aliphatic rings. The Hall–Kier alpha value is -2.14. The van der Waals surface area contributed by atoms with Gasteiger partial charge in [0.2, 0.25) is 5.91 Å². The van der Waals surface area contributed by atoms with E-state index in [-0.39, 0.29) is 11.8 Å². The van der Waals surface area contributed by atoms with Crippen LogP contribution in [0.2, 0.25) is 0 Å². The number of piperidine rings is 1. The number of amides is 1. The molecule has 2 aromatic rings. The fourth-order valence-electron chi connectivity index (χ4n) is 3.51. The highest BCUT2D eigenvalue weighted by atomic mass is 16.5. The summed E-state index contributed by atoms with van der Waals surface area (Å²) < 4.78 is 4.99. The molecule has 2 heterocycles. The number of nitrogens with zero attached hydrogens (tertiary/aromatic N) is 2. The fraction of sp³-hybridized carbons (Fsp3) is 0.474. The van der Waals surface area contributed by atoms with Gasteiger partial charge in [-0.25, -0.2) is 0 Å². The van der Waals surface area contributed by atoms with E-state index in [1.165, 1.54) is 5.56 Å². The third-order valence-electron chi connectivity index (χ3n) is 4.79. The second kappa shape index (κ2) is 7.62. The van der Waals surface area contributed by atoms with Crippen molar-refractivity contribution in [3.63, 3.8) is 0 Å². The van der Waals surface area contributed by atoms with Crippen LogP contribution in [0.15, 0.2) is 40.9 Å². The maximum absolute atomic E-state index is 12.4. The lowest BCUT2D eigenvalue weighted by Crippen LogP contribution is -2.40. The van der Waals surface area contributed by atoms with Gasteiger partial charge in [0.1, 0.15) is 5.76 Å². The molecule has 0 radical (unpaired) electrons. The standard InChI is InChI=1S/C19H25N3O2/c1-3-17(15-7-5-4-6-8-15)22-11-9-16(10-12-22)19(23)20-18-13-14(2)24-21-18/h4-8,13,16-17H,3,9-12H2,1-2H3,(H,20,21,23). The molecule has 1 fully saturated rings. The first kappa shape index (κ1) is 16.7. The molecule has 1 atom stereocenters. The molecular weight excluding hydrogens is 302 g/mol. The van der Waals surface area contributed by atoms with Crippen LogP contribution in [0.1, 0.15) is 43.6 Å². The van der Waals surface area contributed by atoms with E-state index in [1.54, 1.807) is 6.07 Å². The van der Waals surface area contributed by atoms with Gasteiger partial charge in [-0.2, -0.15) is 0 Å². The molecule has 1 amide bonds. The highest BCUT2D eigenvalue weighted by molar-refractivity contribution is 5.91. The Morgan fingerprint density at radius 3 is 2.62 bits per heavy atom. The van der Waals surface area contributed by atoms with Gasteiger partial charge in [-0.15, -0.1) is 0 Å². The van der Waals surface area contributed by atoms with Crippen molar-refractivity contribution in [2.45, 2.75) is 39.2 Å². The molecule has 5 nitrogen and oxygen atoms in total. The highest BCUT2D eigenvalue weighted by Gasteiger charge is 2.29. The van der Waals surface area contributed by atoms with Gasteiger partial charge in [0.25, 0.3) is 0 Å². The summed E-state index contributed by atoms with van der Waals surface area (Å²) in [7, 11) is 0. The van der Waals surface area contributed by atoms with E-state index in [4.69, 9.17) is 4.52 Å². The van der Waals surface area contributed by atoms with Crippen molar-refractivity contribution in [2.24, 2.45) is 5.92 Å². The average molecular weight is 327 g/mol. The summed E-state index contributed by atoms with van der Waals surface area (Å²) in [4.78, 5) is 14.9. The van der Waals surface area contributed by atoms with Crippen molar-refractivity contribution < 1.29 is 9.32 Å². The quantitative estimate of drug-likeness (QED) is 0.908. The normalized spacial score (nSPS) is 17.6. The third kappa shape index (κ3) is 3.85. The summed E-state index contributed by atoms with van der Waals surface area (Å²) in [5.41, 5.74) is 1.36. The second-order valence-corrected chi connectivity index (χ2v) is 6.46. The summed E-state index contributed by atoms with van der Waals surface area (Å²) in [5, 5.41) is 6.69. The second-order valence-electron chi connectivity index (χ2n) is 6.46. The number of carbonyl (C=O) groups excluding carboxylic acids is 1. The number of rotatable bonds is 5. The van der Waals surface area contributed by atoms with Gasteiger partial charge in [-0.05, 0) is 44.8 Å². The molecule has 0 saturated carbocycles. The molecule has 5 heteroatoms. The maximum Gasteiger partial charge on any atom is 0.228 e. The molecule has 1 aromatic heterocycles. The maximum atomic E-state index is 12.4. The van der Waals surface area contributed by atoms with Crippen LogP contribution in [0.3, 0.4) is 0 Å². The Morgan fingerprint density at radius 1 is 1.33 bits per heavy atom. The minimum absolute atomic E-state index is 0.0477. The number of aromatic nitrogens is 1. The van der Waals surface area contributed by atoms with Crippen molar-refractivity contribution in [3.8, 4) is 0 Å². The molecule has 0 spiro atoms. The molecule has 1 N–H and O–H groups in total. The smallest absolute Gasteiger partial charge is 0.228 e. The first-order chi connectivity index (χ1) is 11.7. The van der Waals surface area contributed by atoms with Gasteiger partial charge in [-0.1, -0.05) is 42.4 Å². The number of aryl methyl sites for hydroxylation is 1. The Bertz CT molecular complexity index is 660. The zero-order chi connectivity index (χ0) is 16.9. The van der Waals surface area contributed by atoms with Crippen LogP contribution in [0, 0.1) is 12.8 Å². The number of anilines is 1. The average Bonchev–Trinajstić information content (AvgIpc) is 3.02. The van der Waals surface area contributed by atoms with Crippen molar-refractivity contribution in [1.82, 2.24) is 10.1 Å². The van der Waals surface area contributed by atoms with Crippen LogP contribution in [0.5, 0.6) is 0 Å². The Kier molecular flexibility index (Phi) is 5.30. The van der Waals surface area contributed by atoms with Gasteiger partial charge < -0.3 is 9.84 Å². The van der Waals surface area contributed by atoms with Crippen LogP contribution < -0.4 is 5.32 Å². The number of likely N-dealkylation sites (tertiary alicyclic amines) is 1. The van der Waals surface area contributed by atoms with E-state index in [9.17, 15) is 4.79 Å². The van der Waals surface area contributed by atoms with E-state index in [1.807, 2.05) is 6.92 Å². The van der Waals surface area contributed by atoms with Gasteiger partial charge in [0, 0.05) is 18.0 Å². The number of hydrogen-bond acceptors (Lipinski definition) is 4. The summed E-state index contributed by atoms with van der Waals surface area (Å²) >= 11 is 0. The van der Waals surface area contributed by atoms with Crippen LogP contribution in [0.4, 0.5) is 5.82 Å². The van der Waals surface area contributed by atoms with Gasteiger partial charge in [0.15, 0.2) is 5.82 Å². The fourth-order valence-corrected chi connectivity index (χ4v) is 3.51. The van der Waals surface area contributed by atoms with Crippen molar-refractivity contribution >= 4 is 11.7 Å². The minimum atomic E-state index is 0.0477. The summed E-state index contributed by atoms with van der Waals surface area (Å²) in [5.74, 6) is 1.31. The summed E-state index contributed by atoms with van der Waals surface area (Å²) in [6.07, 6.45) is 2.84. The number of nitrogens with one attached hydrogen (secondary N) is 1. The molecule has 1 aliphatic heterocycles. The first-order valence-corrected chi connectivity index (χ1v) is 8.70. The molecule has 1 saturated heterocycles. The SMILES string of the molecule is CCC(c1ccccc1)N1CCC(C(=O)Nc2cc(C)on2)CC1. The van der Waals surface area contributed by atoms with Gasteiger partial charge in [-0.3, -0.25) is 9.69 Å². The van der Waals surface area contributed by atoms with E-state index >= 15 is 0 Å². The van der Waals surface area contributed by atoms with Gasteiger partial charge >= 0.3 is 0 Å². The molecule has 1 aromatic carbocycles. The Balaban J connectivity index is 1.56.